The normalized spacial score (nSPS) is 16.7. The van der Waals surface area contributed by atoms with Crippen molar-refractivity contribution in [1.82, 2.24) is 15.3 Å². The first kappa shape index (κ1) is 9.59. The van der Waals surface area contributed by atoms with Gasteiger partial charge in [-0.2, -0.15) is 0 Å². The van der Waals surface area contributed by atoms with E-state index in [1.54, 1.807) is 0 Å². The summed E-state index contributed by atoms with van der Waals surface area (Å²) in [5.74, 6) is 1.58. The Morgan fingerprint density at radius 2 is 2.21 bits per heavy atom. The van der Waals surface area contributed by atoms with Crippen molar-refractivity contribution in [2.24, 2.45) is 0 Å². The lowest BCUT2D eigenvalue weighted by Gasteiger charge is -2.26. The van der Waals surface area contributed by atoms with E-state index < -0.39 is 0 Å². The SMILES string of the molecule is CCCc1cc(C)nc(C2CNC2)n1. The van der Waals surface area contributed by atoms with Crippen molar-refractivity contribution in [3.05, 3.63) is 23.3 Å². The highest BCUT2D eigenvalue weighted by molar-refractivity contribution is 5.14. The molecule has 0 unspecified atom stereocenters. The van der Waals surface area contributed by atoms with Crippen LogP contribution in [0, 0.1) is 6.92 Å². The maximum atomic E-state index is 4.59. The maximum Gasteiger partial charge on any atom is 0.134 e. The molecule has 2 rings (SSSR count). The Kier molecular flexibility index (Phi) is 2.77. The lowest BCUT2D eigenvalue weighted by Crippen LogP contribution is -2.41. The molecule has 0 amide bonds. The van der Waals surface area contributed by atoms with Gasteiger partial charge in [-0.1, -0.05) is 13.3 Å². The Labute approximate surface area is 85.0 Å². The molecule has 76 valence electrons. The second-order valence-corrected chi connectivity index (χ2v) is 3.96. The number of aryl methyl sites for hydroxylation is 2. The molecule has 0 atom stereocenters. The van der Waals surface area contributed by atoms with E-state index in [-0.39, 0.29) is 0 Å². The van der Waals surface area contributed by atoms with Crippen molar-refractivity contribution >= 4 is 0 Å². The van der Waals surface area contributed by atoms with Gasteiger partial charge >= 0.3 is 0 Å². The third-order valence-corrected chi connectivity index (χ3v) is 2.58. The van der Waals surface area contributed by atoms with Gasteiger partial charge in [0.1, 0.15) is 5.82 Å². The molecule has 0 saturated carbocycles. The average Bonchev–Trinajstić information content (AvgIpc) is 1.99. The molecule has 0 aliphatic carbocycles. The average molecular weight is 191 g/mol. The van der Waals surface area contributed by atoms with Crippen LogP contribution >= 0.6 is 0 Å². The van der Waals surface area contributed by atoms with Crippen molar-refractivity contribution in [1.29, 1.82) is 0 Å². The number of hydrogen-bond donors (Lipinski definition) is 1. The summed E-state index contributed by atoms with van der Waals surface area (Å²) in [5.41, 5.74) is 2.30. The Balaban J connectivity index is 2.21. The Morgan fingerprint density at radius 3 is 2.79 bits per heavy atom. The van der Waals surface area contributed by atoms with E-state index in [0.29, 0.717) is 5.92 Å². The molecule has 14 heavy (non-hydrogen) atoms. The summed E-state index contributed by atoms with van der Waals surface area (Å²) in [6.07, 6.45) is 2.22. The molecular formula is C11H17N3. The largest absolute Gasteiger partial charge is 0.315 e. The van der Waals surface area contributed by atoms with Crippen LogP contribution < -0.4 is 5.32 Å². The lowest BCUT2D eigenvalue weighted by atomic mass is 10.0. The third-order valence-electron chi connectivity index (χ3n) is 2.58. The molecule has 1 aliphatic rings. The van der Waals surface area contributed by atoms with Gasteiger partial charge in [0, 0.05) is 30.4 Å². The second-order valence-electron chi connectivity index (χ2n) is 3.96. The molecule has 0 aromatic carbocycles. The minimum Gasteiger partial charge on any atom is -0.315 e. The summed E-state index contributed by atoms with van der Waals surface area (Å²) in [6, 6.07) is 2.10. The summed E-state index contributed by atoms with van der Waals surface area (Å²) in [5, 5.41) is 3.25. The predicted octanol–water partition coefficient (Wildman–Crippen LogP) is 1.42. The fraction of sp³-hybridized carbons (Fsp3) is 0.636. The van der Waals surface area contributed by atoms with Gasteiger partial charge in [0.15, 0.2) is 0 Å². The molecule has 1 N–H and O–H groups in total. The van der Waals surface area contributed by atoms with Gasteiger partial charge in [-0.15, -0.1) is 0 Å². The molecule has 1 aromatic rings. The zero-order valence-electron chi connectivity index (χ0n) is 8.88. The highest BCUT2D eigenvalue weighted by Gasteiger charge is 2.22. The molecule has 3 nitrogen and oxygen atoms in total. The van der Waals surface area contributed by atoms with E-state index in [1.165, 1.54) is 5.69 Å². The second kappa shape index (κ2) is 4.05. The Bertz CT molecular complexity index is 318. The molecule has 1 saturated heterocycles. The van der Waals surface area contributed by atoms with E-state index in [2.05, 4.69) is 35.2 Å². The standard InChI is InChI=1S/C11H17N3/c1-3-4-10-5-8(2)13-11(14-10)9-6-12-7-9/h5,9,12H,3-4,6-7H2,1-2H3. The van der Waals surface area contributed by atoms with Crippen LogP contribution in [0.4, 0.5) is 0 Å². The number of aromatic nitrogens is 2. The van der Waals surface area contributed by atoms with Crippen molar-refractivity contribution in [2.45, 2.75) is 32.6 Å². The zero-order valence-corrected chi connectivity index (χ0v) is 8.88. The molecule has 0 bridgehead atoms. The quantitative estimate of drug-likeness (QED) is 0.785. The Morgan fingerprint density at radius 1 is 1.43 bits per heavy atom. The van der Waals surface area contributed by atoms with Crippen LogP contribution in [0.15, 0.2) is 6.07 Å². The van der Waals surface area contributed by atoms with Gasteiger partial charge in [0.25, 0.3) is 0 Å². The van der Waals surface area contributed by atoms with E-state index >= 15 is 0 Å². The number of nitrogens with one attached hydrogen (secondary N) is 1. The van der Waals surface area contributed by atoms with Crippen LogP contribution in [-0.4, -0.2) is 23.1 Å². The predicted molar refractivity (Wildman–Crippen MR) is 56.4 cm³/mol. The van der Waals surface area contributed by atoms with E-state index in [9.17, 15) is 0 Å². The smallest absolute Gasteiger partial charge is 0.134 e. The van der Waals surface area contributed by atoms with Crippen molar-refractivity contribution in [2.75, 3.05) is 13.1 Å². The van der Waals surface area contributed by atoms with Gasteiger partial charge in [-0.3, -0.25) is 0 Å². The van der Waals surface area contributed by atoms with Crippen LogP contribution in [0.25, 0.3) is 0 Å². The van der Waals surface area contributed by atoms with E-state index in [0.717, 1.165) is 37.4 Å². The molecule has 1 aromatic heterocycles. The first-order chi connectivity index (χ1) is 6.79. The first-order valence-corrected chi connectivity index (χ1v) is 5.34. The van der Waals surface area contributed by atoms with Crippen molar-refractivity contribution < 1.29 is 0 Å². The van der Waals surface area contributed by atoms with Gasteiger partial charge in [0.2, 0.25) is 0 Å². The molecule has 3 heteroatoms. The molecule has 0 radical (unpaired) electrons. The molecule has 1 fully saturated rings. The third kappa shape index (κ3) is 1.93. The number of rotatable bonds is 3. The fourth-order valence-corrected chi connectivity index (χ4v) is 1.70. The highest BCUT2D eigenvalue weighted by Crippen LogP contribution is 2.16. The summed E-state index contributed by atoms with van der Waals surface area (Å²) < 4.78 is 0. The Hall–Kier alpha value is -0.960. The van der Waals surface area contributed by atoms with Gasteiger partial charge in [0.05, 0.1) is 0 Å². The van der Waals surface area contributed by atoms with Crippen LogP contribution in [0.2, 0.25) is 0 Å². The number of nitrogens with zero attached hydrogens (tertiary/aromatic N) is 2. The van der Waals surface area contributed by atoms with Gasteiger partial charge in [-0.25, -0.2) is 9.97 Å². The van der Waals surface area contributed by atoms with Crippen molar-refractivity contribution in [3.63, 3.8) is 0 Å². The molecular weight excluding hydrogens is 174 g/mol. The van der Waals surface area contributed by atoms with Gasteiger partial charge in [-0.05, 0) is 19.4 Å². The van der Waals surface area contributed by atoms with E-state index in [1.807, 2.05) is 0 Å². The minimum atomic E-state index is 0.547. The minimum absolute atomic E-state index is 0.547. The first-order valence-electron chi connectivity index (χ1n) is 5.34. The lowest BCUT2D eigenvalue weighted by molar-refractivity contribution is 0.428. The highest BCUT2D eigenvalue weighted by atomic mass is 15.0. The molecule has 2 heterocycles. The van der Waals surface area contributed by atoms with Gasteiger partial charge < -0.3 is 5.32 Å². The zero-order chi connectivity index (χ0) is 9.97. The summed E-state index contributed by atoms with van der Waals surface area (Å²) in [7, 11) is 0. The molecule has 1 aliphatic heterocycles. The topological polar surface area (TPSA) is 37.8 Å². The monoisotopic (exact) mass is 191 g/mol. The van der Waals surface area contributed by atoms with Crippen LogP contribution in [0.5, 0.6) is 0 Å². The van der Waals surface area contributed by atoms with Crippen LogP contribution in [-0.2, 0) is 6.42 Å². The maximum absolute atomic E-state index is 4.59. The number of hydrogen-bond acceptors (Lipinski definition) is 3. The molecule has 0 spiro atoms. The summed E-state index contributed by atoms with van der Waals surface area (Å²) in [6.45, 7) is 6.31. The fourth-order valence-electron chi connectivity index (χ4n) is 1.70. The van der Waals surface area contributed by atoms with Crippen LogP contribution in [0.3, 0.4) is 0 Å². The summed E-state index contributed by atoms with van der Waals surface area (Å²) >= 11 is 0. The summed E-state index contributed by atoms with van der Waals surface area (Å²) in [4.78, 5) is 9.08. The van der Waals surface area contributed by atoms with Crippen LogP contribution in [0.1, 0.15) is 36.5 Å². The van der Waals surface area contributed by atoms with Crippen molar-refractivity contribution in [3.8, 4) is 0 Å². The van der Waals surface area contributed by atoms with E-state index in [4.69, 9.17) is 0 Å².